The minimum absolute atomic E-state index is 0.237. The minimum Gasteiger partial charge on any atom is -0.359 e. The lowest BCUT2D eigenvalue weighted by Gasteiger charge is -2.30. The van der Waals surface area contributed by atoms with E-state index in [-0.39, 0.29) is 5.41 Å². The van der Waals surface area contributed by atoms with E-state index in [1.165, 1.54) is 0 Å². The molecule has 0 bridgehead atoms. The van der Waals surface area contributed by atoms with Crippen LogP contribution in [0.2, 0.25) is 0 Å². The number of anilines is 1. The minimum atomic E-state index is 0.237. The van der Waals surface area contributed by atoms with Crippen LogP contribution >= 0.6 is 0 Å². The quantitative estimate of drug-likeness (QED) is 0.801. The molecule has 0 fully saturated rings. The average Bonchev–Trinajstić information content (AvgIpc) is 2.18. The van der Waals surface area contributed by atoms with Gasteiger partial charge in [0.1, 0.15) is 5.82 Å². The Morgan fingerprint density at radius 3 is 2.67 bits per heavy atom. The lowest BCUT2D eigenvalue weighted by Crippen LogP contribution is -2.33. The second-order valence-electron chi connectivity index (χ2n) is 4.75. The molecule has 2 N–H and O–H groups in total. The lowest BCUT2D eigenvalue weighted by molar-refractivity contribution is 0.347. The third-order valence-corrected chi connectivity index (χ3v) is 2.53. The number of hydrogen-bond acceptors (Lipinski definition) is 3. The first-order chi connectivity index (χ1) is 7.05. The smallest absolute Gasteiger partial charge is 0.128 e. The first-order valence-corrected chi connectivity index (χ1v) is 5.37. The molecule has 0 spiro atoms. The fourth-order valence-corrected chi connectivity index (χ4v) is 1.77. The number of hydrogen-bond donors (Lipinski definition) is 1. The second-order valence-corrected chi connectivity index (χ2v) is 4.75. The molecular formula is C12H21N3. The van der Waals surface area contributed by atoms with Crippen LogP contribution in [0.4, 0.5) is 5.82 Å². The van der Waals surface area contributed by atoms with Crippen LogP contribution in [-0.2, 0) is 0 Å². The van der Waals surface area contributed by atoms with Gasteiger partial charge >= 0.3 is 0 Å². The Bertz CT molecular complexity index is 282. The van der Waals surface area contributed by atoms with Crippen molar-refractivity contribution in [2.24, 2.45) is 11.1 Å². The third kappa shape index (κ3) is 3.88. The molecular weight excluding hydrogens is 186 g/mol. The highest BCUT2D eigenvalue weighted by atomic mass is 15.2. The molecule has 0 aromatic carbocycles. The Labute approximate surface area is 92.3 Å². The third-order valence-electron chi connectivity index (χ3n) is 2.53. The summed E-state index contributed by atoms with van der Waals surface area (Å²) in [5, 5.41) is 0. The number of nitrogens with zero attached hydrogens (tertiary/aromatic N) is 2. The topological polar surface area (TPSA) is 42.1 Å². The molecule has 1 heterocycles. The normalized spacial score (nSPS) is 11.5. The predicted molar refractivity (Wildman–Crippen MR) is 65.0 cm³/mol. The maximum Gasteiger partial charge on any atom is 0.128 e. The van der Waals surface area contributed by atoms with Gasteiger partial charge in [0.15, 0.2) is 0 Å². The second kappa shape index (κ2) is 5.12. The molecule has 0 unspecified atom stereocenters. The summed E-state index contributed by atoms with van der Waals surface area (Å²) in [5.41, 5.74) is 5.83. The standard InChI is InChI=1S/C12H21N3/c1-12(2,7-8-13)10-15(3)11-6-4-5-9-14-11/h4-6,9H,7-8,10,13H2,1-3H3. The van der Waals surface area contributed by atoms with Crippen molar-refractivity contribution in [3.8, 4) is 0 Å². The van der Waals surface area contributed by atoms with Gasteiger partial charge < -0.3 is 10.6 Å². The molecule has 1 rings (SSSR count). The summed E-state index contributed by atoms with van der Waals surface area (Å²) in [5.74, 6) is 1.02. The van der Waals surface area contributed by atoms with Crippen molar-refractivity contribution >= 4 is 5.82 Å². The molecule has 0 saturated heterocycles. The van der Waals surface area contributed by atoms with Crippen molar-refractivity contribution < 1.29 is 0 Å². The maximum atomic E-state index is 5.59. The number of nitrogens with two attached hydrogens (primary N) is 1. The van der Waals surface area contributed by atoms with Crippen molar-refractivity contribution in [1.29, 1.82) is 0 Å². The van der Waals surface area contributed by atoms with Crippen molar-refractivity contribution in [1.82, 2.24) is 4.98 Å². The molecule has 3 heteroatoms. The first-order valence-electron chi connectivity index (χ1n) is 5.37. The maximum absolute atomic E-state index is 5.59. The molecule has 84 valence electrons. The van der Waals surface area contributed by atoms with Crippen LogP contribution in [-0.4, -0.2) is 25.1 Å². The van der Waals surface area contributed by atoms with Crippen LogP contribution in [0.1, 0.15) is 20.3 Å². The van der Waals surface area contributed by atoms with E-state index in [9.17, 15) is 0 Å². The van der Waals surface area contributed by atoms with Gasteiger partial charge in [-0.15, -0.1) is 0 Å². The van der Waals surface area contributed by atoms with Crippen molar-refractivity contribution in [3.63, 3.8) is 0 Å². The fourth-order valence-electron chi connectivity index (χ4n) is 1.77. The van der Waals surface area contributed by atoms with Crippen LogP contribution in [0.15, 0.2) is 24.4 Å². The van der Waals surface area contributed by atoms with Gasteiger partial charge in [0, 0.05) is 19.8 Å². The van der Waals surface area contributed by atoms with Crippen LogP contribution in [0.25, 0.3) is 0 Å². The highest BCUT2D eigenvalue weighted by molar-refractivity contribution is 5.36. The van der Waals surface area contributed by atoms with E-state index in [0.717, 1.165) is 25.3 Å². The molecule has 0 aliphatic heterocycles. The number of pyridine rings is 1. The first kappa shape index (κ1) is 12.0. The Kier molecular flexibility index (Phi) is 4.09. The Morgan fingerprint density at radius 1 is 1.40 bits per heavy atom. The van der Waals surface area contributed by atoms with E-state index in [4.69, 9.17) is 5.73 Å². The Balaban J connectivity index is 2.59. The molecule has 0 atom stereocenters. The van der Waals surface area contributed by atoms with Crippen molar-refractivity contribution in [3.05, 3.63) is 24.4 Å². The van der Waals surface area contributed by atoms with E-state index in [2.05, 4.69) is 30.8 Å². The highest BCUT2D eigenvalue weighted by Crippen LogP contribution is 2.22. The highest BCUT2D eigenvalue weighted by Gasteiger charge is 2.19. The summed E-state index contributed by atoms with van der Waals surface area (Å²) < 4.78 is 0. The SMILES string of the molecule is CN(CC(C)(C)CCN)c1ccccn1. The lowest BCUT2D eigenvalue weighted by atomic mass is 9.89. The number of rotatable bonds is 5. The zero-order chi connectivity index (χ0) is 11.3. The molecule has 0 aliphatic rings. The van der Waals surface area contributed by atoms with Crippen LogP contribution in [0.3, 0.4) is 0 Å². The largest absolute Gasteiger partial charge is 0.359 e. The zero-order valence-corrected chi connectivity index (χ0v) is 9.90. The summed E-state index contributed by atoms with van der Waals surface area (Å²) in [6.45, 7) is 6.18. The summed E-state index contributed by atoms with van der Waals surface area (Å²) >= 11 is 0. The van der Waals surface area contributed by atoms with E-state index in [1.54, 1.807) is 0 Å². The van der Waals surface area contributed by atoms with E-state index in [1.807, 2.05) is 24.4 Å². The van der Waals surface area contributed by atoms with Gasteiger partial charge in [0.05, 0.1) is 0 Å². The molecule has 0 saturated carbocycles. The van der Waals surface area contributed by atoms with Gasteiger partial charge in [-0.1, -0.05) is 19.9 Å². The fraction of sp³-hybridized carbons (Fsp3) is 0.583. The summed E-state index contributed by atoms with van der Waals surface area (Å²) in [7, 11) is 2.07. The van der Waals surface area contributed by atoms with Crippen LogP contribution in [0, 0.1) is 5.41 Å². The molecule has 1 aromatic heterocycles. The molecule has 15 heavy (non-hydrogen) atoms. The van der Waals surface area contributed by atoms with Crippen LogP contribution in [0.5, 0.6) is 0 Å². The summed E-state index contributed by atoms with van der Waals surface area (Å²) in [6.07, 6.45) is 2.85. The summed E-state index contributed by atoms with van der Waals surface area (Å²) in [4.78, 5) is 6.49. The predicted octanol–water partition coefficient (Wildman–Crippen LogP) is 1.89. The molecule has 0 amide bonds. The monoisotopic (exact) mass is 207 g/mol. The van der Waals surface area contributed by atoms with Crippen LogP contribution < -0.4 is 10.6 Å². The van der Waals surface area contributed by atoms with Gasteiger partial charge in [0.2, 0.25) is 0 Å². The van der Waals surface area contributed by atoms with Gasteiger partial charge in [-0.3, -0.25) is 0 Å². The van der Waals surface area contributed by atoms with E-state index < -0.39 is 0 Å². The van der Waals surface area contributed by atoms with Gasteiger partial charge in [-0.25, -0.2) is 4.98 Å². The molecule has 0 aliphatic carbocycles. The Hall–Kier alpha value is -1.09. The van der Waals surface area contributed by atoms with Gasteiger partial charge in [-0.05, 0) is 30.5 Å². The number of aromatic nitrogens is 1. The van der Waals surface area contributed by atoms with Crippen molar-refractivity contribution in [2.45, 2.75) is 20.3 Å². The molecule has 0 radical (unpaired) electrons. The van der Waals surface area contributed by atoms with Gasteiger partial charge in [-0.2, -0.15) is 0 Å². The Morgan fingerprint density at radius 2 is 2.13 bits per heavy atom. The summed E-state index contributed by atoms with van der Waals surface area (Å²) in [6, 6.07) is 5.97. The van der Waals surface area contributed by atoms with Crippen molar-refractivity contribution in [2.75, 3.05) is 25.0 Å². The van der Waals surface area contributed by atoms with Gasteiger partial charge in [0.25, 0.3) is 0 Å². The van der Waals surface area contributed by atoms with E-state index >= 15 is 0 Å². The zero-order valence-electron chi connectivity index (χ0n) is 9.90. The average molecular weight is 207 g/mol. The molecule has 3 nitrogen and oxygen atoms in total. The molecule has 1 aromatic rings. The van der Waals surface area contributed by atoms with E-state index in [0.29, 0.717) is 0 Å².